The Morgan fingerprint density at radius 1 is 1.00 bits per heavy atom. The van der Waals surface area contributed by atoms with Crippen molar-refractivity contribution in [2.75, 3.05) is 5.32 Å². The van der Waals surface area contributed by atoms with Crippen molar-refractivity contribution in [2.24, 2.45) is 0 Å². The van der Waals surface area contributed by atoms with Gasteiger partial charge in [0.05, 0.1) is 0 Å². The number of carbonyl (C=O) groups is 1. The van der Waals surface area contributed by atoms with Gasteiger partial charge in [-0.3, -0.25) is 4.79 Å². The average molecular weight is 372 g/mol. The van der Waals surface area contributed by atoms with Crippen LogP contribution in [0, 0.1) is 0 Å². The molecule has 0 unspecified atom stereocenters. The number of anilines is 1. The molecular formula is C24H26N3O+. The Kier molecular flexibility index (Phi) is 4.86. The van der Waals surface area contributed by atoms with E-state index in [9.17, 15) is 4.79 Å². The van der Waals surface area contributed by atoms with E-state index in [1.54, 1.807) is 0 Å². The molecular weight excluding hydrogens is 346 g/mol. The molecule has 4 aromatic rings. The fourth-order valence-corrected chi connectivity index (χ4v) is 3.82. The molecule has 0 aliphatic rings. The Morgan fingerprint density at radius 3 is 2.43 bits per heavy atom. The number of carbonyl (C=O) groups excluding carboxylic acids is 1. The number of amides is 1. The van der Waals surface area contributed by atoms with E-state index in [1.807, 2.05) is 30.0 Å². The molecule has 0 spiro atoms. The molecule has 2 heterocycles. The molecule has 0 saturated heterocycles. The Balaban J connectivity index is 1.64. The monoisotopic (exact) mass is 372 g/mol. The topological polar surface area (TPSA) is 37.9 Å². The molecule has 2 aromatic carbocycles. The minimum Gasteiger partial charge on any atom is -0.341 e. The van der Waals surface area contributed by atoms with Crippen LogP contribution in [-0.2, 0) is 17.8 Å². The van der Waals surface area contributed by atoms with Crippen LogP contribution in [0.4, 0.5) is 5.69 Å². The van der Waals surface area contributed by atoms with Crippen molar-refractivity contribution >= 4 is 33.4 Å². The third-order valence-electron chi connectivity index (χ3n) is 5.51. The Hall–Kier alpha value is -3.14. The van der Waals surface area contributed by atoms with Crippen LogP contribution in [0.5, 0.6) is 0 Å². The maximum absolute atomic E-state index is 12.8. The van der Waals surface area contributed by atoms with Gasteiger partial charge in [0.2, 0.25) is 6.04 Å². The van der Waals surface area contributed by atoms with E-state index in [1.165, 1.54) is 27.4 Å². The SMILES string of the molecule is CCc1cc[n+]([C@H](C)C(=O)Nc2ccc3c(c2)c2ccccc2n3CC)cc1. The molecule has 4 nitrogen and oxygen atoms in total. The van der Waals surface area contributed by atoms with E-state index in [0.29, 0.717) is 0 Å². The van der Waals surface area contributed by atoms with Crippen LogP contribution in [-0.4, -0.2) is 10.5 Å². The molecule has 2 aromatic heterocycles. The summed E-state index contributed by atoms with van der Waals surface area (Å²) in [7, 11) is 0. The van der Waals surface area contributed by atoms with Crippen molar-refractivity contribution < 1.29 is 9.36 Å². The van der Waals surface area contributed by atoms with Crippen LogP contribution in [0.1, 0.15) is 32.4 Å². The predicted octanol–water partition coefficient (Wildman–Crippen LogP) is 4.86. The second-order valence-electron chi connectivity index (χ2n) is 7.17. The molecule has 28 heavy (non-hydrogen) atoms. The van der Waals surface area contributed by atoms with Crippen molar-refractivity contribution in [1.29, 1.82) is 0 Å². The minimum atomic E-state index is -0.279. The number of benzene rings is 2. The van der Waals surface area contributed by atoms with Gasteiger partial charge in [-0.05, 0) is 43.2 Å². The number of rotatable bonds is 5. The maximum Gasteiger partial charge on any atom is 0.293 e. The van der Waals surface area contributed by atoms with Crippen LogP contribution >= 0.6 is 0 Å². The Labute approximate surface area is 165 Å². The summed E-state index contributed by atoms with van der Waals surface area (Å²) in [6, 6.07) is 18.4. The summed E-state index contributed by atoms with van der Waals surface area (Å²) >= 11 is 0. The third-order valence-corrected chi connectivity index (χ3v) is 5.51. The van der Waals surface area contributed by atoms with Crippen LogP contribution in [0.2, 0.25) is 0 Å². The smallest absolute Gasteiger partial charge is 0.293 e. The highest BCUT2D eigenvalue weighted by Crippen LogP contribution is 2.31. The summed E-state index contributed by atoms with van der Waals surface area (Å²) in [6.45, 7) is 7.12. The lowest BCUT2D eigenvalue weighted by molar-refractivity contribution is -0.705. The molecule has 0 aliphatic carbocycles. The minimum absolute atomic E-state index is 0.0205. The van der Waals surface area contributed by atoms with E-state index in [2.05, 4.69) is 72.3 Å². The van der Waals surface area contributed by atoms with Crippen molar-refractivity contribution in [3.05, 3.63) is 72.6 Å². The van der Waals surface area contributed by atoms with Gasteiger partial charge in [-0.15, -0.1) is 0 Å². The molecule has 0 saturated carbocycles. The maximum atomic E-state index is 12.8. The summed E-state index contributed by atoms with van der Waals surface area (Å²) < 4.78 is 4.25. The van der Waals surface area contributed by atoms with Crippen molar-refractivity contribution in [3.63, 3.8) is 0 Å². The third kappa shape index (κ3) is 3.15. The van der Waals surface area contributed by atoms with Gasteiger partial charge >= 0.3 is 0 Å². The Bertz CT molecular complexity index is 1140. The zero-order valence-corrected chi connectivity index (χ0v) is 16.6. The molecule has 4 rings (SSSR count). The van der Waals surface area contributed by atoms with Gasteiger partial charge in [0.15, 0.2) is 12.4 Å². The van der Waals surface area contributed by atoms with E-state index in [-0.39, 0.29) is 11.9 Å². The molecule has 1 N–H and O–H groups in total. The lowest BCUT2D eigenvalue weighted by atomic mass is 10.1. The van der Waals surface area contributed by atoms with Gasteiger partial charge in [0, 0.05) is 53.1 Å². The quantitative estimate of drug-likeness (QED) is 0.499. The number of hydrogen-bond donors (Lipinski definition) is 1. The summed E-state index contributed by atoms with van der Waals surface area (Å²) in [5, 5.41) is 5.47. The molecule has 1 atom stereocenters. The van der Waals surface area contributed by atoms with Gasteiger partial charge in [-0.1, -0.05) is 25.1 Å². The Morgan fingerprint density at radius 2 is 1.71 bits per heavy atom. The fraction of sp³-hybridized carbons (Fsp3) is 0.250. The zero-order valence-electron chi connectivity index (χ0n) is 16.6. The number of para-hydroxylation sites is 1. The second-order valence-corrected chi connectivity index (χ2v) is 7.17. The van der Waals surface area contributed by atoms with Crippen LogP contribution in [0.15, 0.2) is 67.0 Å². The molecule has 0 fully saturated rings. The van der Waals surface area contributed by atoms with Gasteiger partial charge in [-0.25, -0.2) is 0 Å². The molecule has 0 aliphatic heterocycles. The lowest BCUT2D eigenvalue weighted by Crippen LogP contribution is -2.44. The number of aromatic nitrogens is 2. The normalized spacial score (nSPS) is 12.4. The van der Waals surface area contributed by atoms with Gasteiger partial charge in [0.1, 0.15) is 0 Å². The van der Waals surface area contributed by atoms with Gasteiger partial charge in [-0.2, -0.15) is 4.57 Å². The second kappa shape index (κ2) is 7.47. The molecule has 0 bridgehead atoms. The van der Waals surface area contributed by atoms with Gasteiger partial charge < -0.3 is 9.88 Å². The first kappa shape index (κ1) is 18.2. The lowest BCUT2D eigenvalue weighted by Gasteiger charge is -2.10. The highest BCUT2D eigenvalue weighted by Gasteiger charge is 2.22. The number of aryl methyl sites for hydroxylation is 2. The fourth-order valence-electron chi connectivity index (χ4n) is 3.82. The van der Waals surface area contributed by atoms with E-state index < -0.39 is 0 Å². The largest absolute Gasteiger partial charge is 0.341 e. The number of nitrogens with one attached hydrogen (secondary N) is 1. The average Bonchev–Trinajstić information content (AvgIpc) is 3.06. The zero-order chi connectivity index (χ0) is 19.7. The summed E-state index contributed by atoms with van der Waals surface area (Å²) in [6.07, 6.45) is 4.94. The summed E-state index contributed by atoms with van der Waals surface area (Å²) in [5.41, 5.74) is 4.51. The molecule has 0 radical (unpaired) electrons. The van der Waals surface area contributed by atoms with Crippen LogP contribution in [0.3, 0.4) is 0 Å². The predicted molar refractivity (Wildman–Crippen MR) is 114 cm³/mol. The van der Waals surface area contributed by atoms with E-state index in [0.717, 1.165) is 18.7 Å². The molecule has 1 amide bonds. The number of fused-ring (bicyclic) bond motifs is 3. The first-order valence-electron chi connectivity index (χ1n) is 9.94. The number of nitrogens with zero attached hydrogens (tertiary/aromatic N) is 2. The summed E-state index contributed by atoms with van der Waals surface area (Å²) in [5.74, 6) is -0.0205. The molecule has 4 heteroatoms. The standard InChI is InChI=1S/C24H25N3O/c1-4-18-12-14-26(15-13-18)17(3)24(28)25-19-10-11-23-21(16-19)20-8-6-7-9-22(20)27(23)5-2/h6-17H,4-5H2,1-3H3/p+1/t17-/m1/s1. The van der Waals surface area contributed by atoms with Crippen LogP contribution in [0.25, 0.3) is 21.8 Å². The van der Waals surface area contributed by atoms with Crippen LogP contribution < -0.4 is 9.88 Å². The van der Waals surface area contributed by atoms with E-state index in [4.69, 9.17) is 0 Å². The number of hydrogen-bond acceptors (Lipinski definition) is 1. The first-order valence-corrected chi connectivity index (χ1v) is 9.94. The summed E-state index contributed by atoms with van der Waals surface area (Å²) in [4.78, 5) is 12.8. The highest BCUT2D eigenvalue weighted by atomic mass is 16.2. The van der Waals surface area contributed by atoms with Crippen molar-refractivity contribution in [2.45, 2.75) is 39.8 Å². The van der Waals surface area contributed by atoms with Crippen molar-refractivity contribution in [3.8, 4) is 0 Å². The number of pyridine rings is 1. The molecule has 142 valence electrons. The van der Waals surface area contributed by atoms with E-state index >= 15 is 0 Å². The van der Waals surface area contributed by atoms with Crippen molar-refractivity contribution in [1.82, 2.24) is 4.57 Å². The first-order chi connectivity index (χ1) is 13.6. The highest BCUT2D eigenvalue weighted by molar-refractivity contribution is 6.09. The van der Waals surface area contributed by atoms with Gasteiger partial charge in [0.25, 0.3) is 5.91 Å².